The molecular formula is C21H28N2O2S. The summed E-state index contributed by atoms with van der Waals surface area (Å²) in [5.74, 6) is 1.15. The van der Waals surface area contributed by atoms with E-state index in [0.29, 0.717) is 33.3 Å². The number of nitrogen functional groups attached to an aromatic ring is 1. The van der Waals surface area contributed by atoms with Gasteiger partial charge in [-0.25, -0.2) is 0 Å². The number of anilines is 2. The second-order valence-corrected chi connectivity index (χ2v) is 8.82. The van der Waals surface area contributed by atoms with Crippen LogP contribution in [0.4, 0.5) is 10.7 Å². The summed E-state index contributed by atoms with van der Waals surface area (Å²) in [5.41, 5.74) is 9.04. The lowest BCUT2D eigenvalue weighted by Gasteiger charge is -2.36. The number of para-hydroxylation sites is 2. The Bertz CT molecular complexity index is 810. The van der Waals surface area contributed by atoms with E-state index in [9.17, 15) is 4.79 Å². The van der Waals surface area contributed by atoms with Gasteiger partial charge in [0.25, 0.3) is 5.91 Å². The molecular weight excluding hydrogens is 344 g/mol. The fourth-order valence-corrected chi connectivity index (χ4v) is 4.94. The van der Waals surface area contributed by atoms with Crippen LogP contribution in [0.5, 0.6) is 5.75 Å². The molecule has 2 aromatic rings. The number of carbonyl (C=O) groups excluding carboxylic acids is 1. The summed E-state index contributed by atoms with van der Waals surface area (Å²) >= 11 is 1.58. The van der Waals surface area contributed by atoms with Crippen LogP contribution < -0.4 is 15.8 Å². The summed E-state index contributed by atoms with van der Waals surface area (Å²) < 4.78 is 5.33. The van der Waals surface area contributed by atoms with Gasteiger partial charge >= 0.3 is 0 Å². The lowest BCUT2D eigenvalue weighted by Crippen LogP contribution is -2.29. The van der Waals surface area contributed by atoms with Gasteiger partial charge in [0.1, 0.15) is 5.75 Å². The zero-order valence-corrected chi connectivity index (χ0v) is 16.8. The van der Waals surface area contributed by atoms with E-state index in [2.05, 4.69) is 26.1 Å². The van der Waals surface area contributed by atoms with Crippen molar-refractivity contribution in [3.8, 4) is 5.75 Å². The molecule has 3 N–H and O–H groups in total. The number of nitrogens with two attached hydrogens (primary N) is 1. The maximum atomic E-state index is 12.9. The Labute approximate surface area is 159 Å². The molecule has 3 rings (SSSR count). The number of benzene rings is 1. The minimum Gasteiger partial charge on any atom is -0.495 e. The molecule has 1 aliphatic rings. The maximum absolute atomic E-state index is 12.9. The quantitative estimate of drug-likeness (QED) is 0.764. The molecule has 1 heterocycles. The third-order valence-corrected chi connectivity index (χ3v) is 6.97. The molecule has 26 heavy (non-hydrogen) atoms. The number of amides is 1. The van der Waals surface area contributed by atoms with E-state index in [1.54, 1.807) is 18.4 Å². The topological polar surface area (TPSA) is 64.4 Å². The fraction of sp³-hybridized carbons (Fsp3) is 0.476. The van der Waals surface area contributed by atoms with Crippen LogP contribution in [0, 0.1) is 11.3 Å². The number of rotatable bonds is 5. The first-order valence-electron chi connectivity index (χ1n) is 9.21. The second-order valence-electron chi connectivity index (χ2n) is 7.68. The van der Waals surface area contributed by atoms with Crippen molar-refractivity contribution >= 4 is 27.9 Å². The number of carbonyl (C=O) groups is 1. The van der Waals surface area contributed by atoms with Gasteiger partial charge in [0, 0.05) is 4.88 Å². The Morgan fingerprint density at radius 3 is 2.81 bits per heavy atom. The summed E-state index contributed by atoms with van der Waals surface area (Å²) in [4.78, 5) is 14.2. The molecule has 0 radical (unpaired) electrons. The highest BCUT2D eigenvalue weighted by molar-refractivity contribution is 7.16. The summed E-state index contributed by atoms with van der Waals surface area (Å²) in [6.07, 6.45) is 4.22. The van der Waals surface area contributed by atoms with E-state index in [1.165, 1.54) is 4.88 Å². The third kappa shape index (κ3) is 3.45. The number of hydrogen-bond acceptors (Lipinski definition) is 4. The molecule has 1 aromatic carbocycles. The first kappa shape index (κ1) is 18.8. The van der Waals surface area contributed by atoms with Gasteiger partial charge in [0.15, 0.2) is 0 Å². The fourth-order valence-electron chi connectivity index (χ4n) is 3.74. The van der Waals surface area contributed by atoms with Crippen LogP contribution in [-0.2, 0) is 12.8 Å². The highest BCUT2D eigenvalue weighted by Crippen LogP contribution is 2.44. The van der Waals surface area contributed by atoms with Gasteiger partial charge in [0.05, 0.1) is 23.4 Å². The molecule has 1 atom stereocenters. The summed E-state index contributed by atoms with van der Waals surface area (Å²) in [5, 5.41) is 3.59. The molecule has 1 aliphatic carbocycles. The van der Waals surface area contributed by atoms with Crippen LogP contribution in [0.15, 0.2) is 24.3 Å². The average molecular weight is 373 g/mol. The molecule has 140 valence electrons. The van der Waals surface area contributed by atoms with Gasteiger partial charge in [-0.1, -0.05) is 39.3 Å². The molecule has 0 fully saturated rings. The van der Waals surface area contributed by atoms with Gasteiger partial charge in [-0.05, 0) is 48.3 Å². The first-order valence-corrected chi connectivity index (χ1v) is 10.0. The average Bonchev–Trinajstić information content (AvgIpc) is 2.97. The van der Waals surface area contributed by atoms with E-state index >= 15 is 0 Å². The predicted octanol–water partition coefficient (Wildman–Crippen LogP) is 5.13. The predicted molar refractivity (Wildman–Crippen MR) is 109 cm³/mol. The number of thiophene rings is 1. The smallest absolute Gasteiger partial charge is 0.259 e. The van der Waals surface area contributed by atoms with Crippen LogP contribution >= 0.6 is 11.3 Å². The summed E-state index contributed by atoms with van der Waals surface area (Å²) in [7, 11) is 1.60. The standard InChI is InChI=1S/C21H28N2O2S/c1-5-21(2,3)13-10-11-14-17(12-13)26-19(22)18(14)20(24)23-15-8-6-7-9-16(15)25-4/h6-9,13H,5,10-12,22H2,1-4H3,(H,23,24). The van der Waals surface area contributed by atoms with Crippen LogP contribution in [0.2, 0.25) is 0 Å². The Balaban J connectivity index is 1.86. The molecule has 0 spiro atoms. The number of ether oxygens (including phenoxy) is 1. The van der Waals surface area contributed by atoms with Crippen molar-refractivity contribution in [1.82, 2.24) is 0 Å². The zero-order chi connectivity index (χ0) is 18.9. The Hall–Kier alpha value is -2.01. The van der Waals surface area contributed by atoms with E-state index in [-0.39, 0.29) is 5.91 Å². The van der Waals surface area contributed by atoms with Gasteiger partial charge in [-0.3, -0.25) is 4.79 Å². The number of methoxy groups -OCH3 is 1. The molecule has 0 bridgehead atoms. The van der Waals surface area contributed by atoms with Crippen molar-refractivity contribution in [2.75, 3.05) is 18.2 Å². The normalized spacial score (nSPS) is 16.8. The molecule has 5 heteroatoms. The monoisotopic (exact) mass is 372 g/mol. The lowest BCUT2D eigenvalue weighted by atomic mass is 9.69. The van der Waals surface area contributed by atoms with E-state index in [0.717, 1.165) is 31.2 Å². The van der Waals surface area contributed by atoms with Crippen molar-refractivity contribution in [2.24, 2.45) is 11.3 Å². The highest BCUT2D eigenvalue weighted by Gasteiger charge is 2.34. The van der Waals surface area contributed by atoms with Gasteiger partial charge in [-0.2, -0.15) is 0 Å². The Morgan fingerprint density at radius 2 is 2.12 bits per heavy atom. The van der Waals surface area contributed by atoms with Crippen LogP contribution in [-0.4, -0.2) is 13.0 Å². The van der Waals surface area contributed by atoms with Crippen molar-refractivity contribution in [3.63, 3.8) is 0 Å². The van der Waals surface area contributed by atoms with Gasteiger partial charge in [-0.15, -0.1) is 11.3 Å². The molecule has 0 aliphatic heterocycles. The highest BCUT2D eigenvalue weighted by atomic mass is 32.1. The Morgan fingerprint density at radius 1 is 1.38 bits per heavy atom. The number of hydrogen-bond donors (Lipinski definition) is 2. The van der Waals surface area contributed by atoms with Gasteiger partial charge < -0.3 is 15.8 Å². The molecule has 0 saturated carbocycles. The Kier molecular flexibility index (Phi) is 5.28. The summed E-state index contributed by atoms with van der Waals surface area (Å²) in [6, 6.07) is 7.43. The zero-order valence-electron chi connectivity index (χ0n) is 16.0. The van der Waals surface area contributed by atoms with Crippen LogP contribution in [0.25, 0.3) is 0 Å². The van der Waals surface area contributed by atoms with Gasteiger partial charge in [0.2, 0.25) is 0 Å². The van der Waals surface area contributed by atoms with Crippen molar-refractivity contribution in [3.05, 3.63) is 40.3 Å². The minimum atomic E-state index is -0.141. The lowest BCUT2D eigenvalue weighted by molar-refractivity contribution is 0.102. The first-order chi connectivity index (χ1) is 12.4. The van der Waals surface area contributed by atoms with E-state index < -0.39 is 0 Å². The van der Waals surface area contributed by atoms with Crippen molar-refractivity contribution in [1.29, 1.82) is 0 Å². The van der Waals surface area contributed by atoms with Crippen molar-refractivity contribution in [2.45, 2.75) is 46.5 Å². The van der Waals surface area contributed by atoms with Crippen LogP contribution in [0.1, 0.15) is 54.4 Å². The largest absolute Gasteiger partial charge is 0.495 e. The number of fused-ring (bicyclic) bond motifs is 1. The number of nitrogens with one attached hydrogen (secondary N) is 1. The molecule has 0 saturated heterocycles. The minimum absolute atomic E-state index is 0.141. The maximum Gasteiger partial charge on any atom is 0.259 e. The molecule has 4 nitrogen and oxygen atoms in total. The molecule has 1 amide bonds. The molecule has 1 aromatic heterocycles. The third-order valence-electron chi connectivity index (χ3n) is 5.89. The van der Waals surface area contributed by atoms with E-state index in [4.69, 9.17) is 10.5 Å². The van der Waals surface area contributed by atoms with Crippen molar-refractivity contribution < 1.29 is 9.53 Å². The summed E-state index contributed by atoms with van der Waals surface area (Å²) in [6.45, 7) is 6.94. The van der Waals surface area contributed by atoms with Crippen LogP contribution in [0.3, 0.4) is 0 Å². The second kappa shape index (κ2) is 7.31. The van der Waals surface area contributed by atoms with E-state index in [1.807, 2.05) is 24.3 Å². The SMILES string of the molecule is CCC(C)(C)C1CCc2c(sc(N)c2C(=O)Nc2ccccc2OC)C1. The molecule has 1 unspecified atom stereocenters.